The molecule has 6 heteroatoms. The van der Waals surface area contributed by atoms with Crippen molar-refractivity contribution in [3.05, 3.63) is 61.1 Å². The summed E-state index contributed by atoms with van der Waals surface area (Å²) in [7, 11) is 0. The number of nitrogens with zero attached hydrogens (tertiary/aromatic N) is 2. The van der Waals surface area contributed by atoms with E-state index in [2.05, 4.69) is 21.4 Å². The number of nitrogens with one attached hydrogen (secondary N) is 1. The van der Waals surface area contributed by atoms with Gasteiger partial charge in [0.15, 0.2) is 6.61 Å². The molecule has 144 valence electrons. The Morgan fingerprint density at radius 1 is 1.04 bits per heavy atom. The standard InChI is InChI=1S/C22H23N3O3/c26-21(15-27-20-8-5-16-3-1-2-4-17(16)13-20)25-18-6-9-19(10-7-18)28-22-14-23-11-12-24-22/h1-5,8,11-14,18-19H,6-7,9-10,15H2,(H,25,26). The number of rotatable bonds is 6. The number of fused-ring (bicyclic) bond motifs is 1. The van der Waals surface area contributed by atoms with Crippen molar-refractivity contribution in [2.75, 3.05) is 6.61 Å². The summed E-state index contributed by atoms with van der Waals surface area (Å²) < 4.78 is 11.5. The van der Waals surface area contributed by atoms with Gasteiger partial charge in [0.05, 0.1) is 6.20 Å². The lowest BCUT2D eigenvalue weighted by Gasteiger charge is -2.29. The Hall–Kier alpha value is -3.15. The summed E-state index contributed by atoms with van der Waals surface area (Å²) in [4.78, 5) is 20.4. The second-order valence-electron chi connectivity index (χ2n) is 7.00. The predicted octanol–water partition coefficient (Wildman–Crippen LogP) is 3.52. The van der Waals surface area contributed by atoms with Gasteiger partial charge in [-0.15, -0.1) is 0 Å². The fourth-order valence-corrected chi connectivity index (χ4v) is 3.52. The topological polar surface area (TPSA) is 73.3 Å². The Kier molecular flexibility index (Phi) is 5.66. The van der Waals surface area contributed by atoms with Gasteiger partial charge in [-0.1, -0.05) is 30.3 Å². The summed E-state index contributed by atoms with van der Waals surface area (Å²) in [6.45, 7) is 0.0222. The predicted molar refractivity (Wildman–Crippen MR) is 106 cm³/mol. The molecule has 0 radical (unpaired) electrons. The molecule has 1 N–H and O–H groups in total. The first-order valence-corrected chi connectivity index (χ1v) is 9.60. The third kappa shape index (κ3) is 4.76. The molecule has 1 saturated carbocycles. The molecule has 1 amide bonds. The van der Waals surface area contributed by atoms with Gasteiger partial charge in [0.25, 0.3) is 5.91 Å². The van der Waals surface area contributed by atoms with Crippen LogP contribution in [0.3, 0.4) is 0 Å². The van der Waals surface area contributed by atoms with Crippen LogP contribution in [0.1, 0.15) is 25.7 Å². The average Bonchev–Trinajstić information content (AvgIpc) is 2.74. The number of aromatic nitrogens is 2. The maximum Gasteiger partial charge on any atom is 0.258 e. The van der Waals surface area contributed by atoms with Crippen LogP contribution in [0.2, 0.25) is 0 Å². The minimum Gasteiger partial charge on any atom is -0.484 e. The number of ether oxygens (including phenoxy) is 2. The van der Waals surface area contributed by atoms with Gasteiger partial charge >= 0.3 is 0 Å². The molecule has 0 aliphatic heterocycles. The molecular weight excluding hydrogens is 354 g/mol. The van der Waals surface area contributed by atoms with Crippen molar-refractivity contribution >= 4 is 16.7 Å². The third-order valence-electron chi connectivity index (χ3n) is 4.96. The van der Waals surface area contributed by atoms with Crippen LogP contribution in [0.25, 0.3) is 10.8 Å². The molecule has 3 aromatic rings. The van der Waals surface area contributed by atoms with E-state index in [0.29, 0.717) is 11.6 Å². The first-order valence-electron chi connectivity index (χ1n) is 9.60. The second-order valence-corrected chi connectivity index (χ2v) is 7.00. The summed E-state index contributed by atoms with van der Waals surface area (Å²) in [5, 5.41) is 5.31. The minimum absolute atomic E-state index is 0.0222. The lowest BCUT2D eigenvalue weighted by atomic mass is 9.93. The van der Waals surface area contributed by atoms with Crippen molar-refractivity contribution in [2.45, 2.75) is 37.8 Å². The molecular formula is C22H23N3O3. The maximum absolute atomic E-state index is 12.2. The Balaban J connectivity index is 1.21. The van der Waals surface area contributed by atoms with E-state index in [-0.39, 0.29) is 24.7 Å². The zero-order valence-corrected chi connectivity index (χ0v) is 15.6. The zero-order valence-electron chi connectivity index (χ0n) is 15.6. The van der Waals surface area contributed by atoms with E-state index in [9.17, 15) is 4.79 Å². The second kappa shape index (κ2) is 8.69. The molecule has 1 fully saturated rings. The smallest absolute Gasteiger partial charge is 0.258 e. The summed E-state index contributed by atoms with van der Waals surface area (Å²) in [5.41, 5.74) is 0. The lowest BCUT2D eigenvalue weighted by Crippen LogP contribution is -2.41. The average molecular weight is 377 g/mol. The Labute approximate surface area is 163 Å². The molecule has 0 spiro atoms. The highest BCUT2D eigenvalue weighted by atomic mass is 16.5. The summed E-state index contributed by atoms with van der Waals surface area (Å²) in [5.74, 6) is 1.17. The van der Waals surface area contributed by atoms with E-state index in [1.54, 1.807) is 18.6 Å². The lowest BCUT2D eigenvalue weighted by molar-refractivity contribution is -0.124. The highest BCUT2D eigenvalue weighted by molar-refractivity contribution is 5.84. The van der Waals surface area contributed by atoms with Gasteiger partial charge in [-0.2, -0.15) is 0 Å². The van der Waals surface area contributed by atoms with E-state index < -0.39 is 0 Å². The zero-order chi connectivity index (χ0) is 19.2. The Morgan fingerprint density at radius 2 is 1.86 bits per heavy atom. The van der Waals surface area contributed by atoms with Crippen molar-refractivity contribution in [1.29, 1.82) is 0 Å². The van der Waals surface area contributed by atoms with Gasteiger partial charge in [-0.05, 0) is 48.6 Å². The van der Waals surface area contributed by atoms with Gasteiger partial charge < -0.3 is 14.8 Å². The minimum atomic E-state index is -0.0912. The number of carbonyl (C=O) groups is 1. The van der Waals surface area contributed by atoms with E-state index in [4.69, 9.17) is 9.47 Å². The molecule has 28 heavy (non-hydrogen) atoms. The normalized spacial score (nSPS) is 19.1. The third-order valence-corrected chi connectivity index (χ3v) is 4.96. The summed E-state index contributed by atoms with van der Waals surface area (Å²) >= 11 is 0. The van der Waals surface area contributed by atoms with E-state index in [1.165, 1.54) is 0 Å². The van der Waals surface area contributed by atoms with Crippen LogP contribution in [-0.4, -0.2) is 34.6 Å². The summed E-state index contributed by atoms with van der Waals surface area (Å²) in [6.07, 6.45) is 8.52. The van der Waals surface area contributed by atoms with Crippen LogP contribution < -0.4 is 14.8 Å². The van der Waals surface area contributed by atoms with Crippen LogP contribution in [-0.2, 0) is 4.79 Å². The fourth-order valence-electron chi connectivity index (χ4n) is 3.52. The monoisotopic (exact) mass is 377 g/mol. The number of amides is 1. The molecule has 0 atom stereocenters. The summed E-state index contributed by atoms with van der Waals surface area (Å²) in [6, 6.07) is 14.1. The van der Waals surface area contributed by atoms with Crippen molar-refractivity contribution in [2.24, 2.45) is 0 Å². The molecule has 6 nitrogen and oxygen atoms in total. The number of hydrogen-bond donors (Lipinski definition) is 1. The SMILES string of the molecule is O=C(COc1ccc2ccccc2c1)NC1CCC(Oc2cnccn2)CC1. The van der Waals surface area contributed by atoms with Gasteiger partial charge in [-0.25, -0.2) is 4.98 Å². The highest BCUT2D eigenvalue weighted by Crippen LogP contribution is 2.23. The largest absolute Gasteiger partial charge is 0.484 e. The molecule has 0 saturated heterocycles. The van der Waals surface area contributed by atoms with Gasteiger partial charge in [0.1, 0.15) is 11.9 Å². The van der Waals surface area contributed by atoms with Crippen molar-refractivity contribution < 1.29 is 14.3 Å². The first kappa shape index (κ1) is 18.2. The number of hydrogen-bond acceptors (Lipinski definition) is 5. The van der Waals surface area contributed by atoms with Crippen LogP contribution in [0.4, 0.5) is 0 Å². The number of carbonyl (C=O) groups excluding carboxylic acids is 1. The van der Waals surface area contributed by atoms with Gasteiger partial charge in [-0.3, -0.25) is 9.78 Å². The van der Waals surface area contributed by atoms with Gasteiger partial charge in [0.2, 0.25) is 5.88 Å². The van der Waals surface area contributed by atoms with E-state index >= 15 is 0 Å². The quantitative estimate of drug-likeness (QED) is 0.712. The van der Waals surface area contributed by atoms with Gasteiger partial charge in [0, 0.05) is 18.4 Å². The van der Waals surface area contributed by atoms with Crippen LogP contribution in [0, 0.1) is 0 Å². The molecule has 1 aliphatic carbocycles. The highest BCUT2D eigenvalue weighted by Gasteiger charge is 2.24. The molecule has 4 rings (SSSR count). The fraction of sp³-hybridized carbons (Fsp3) is 0.318. The molecule has 0 unspecified atom stereocenters. The van der Waals surface area contributed by atoms with Crippen LogP contribution >= 0.6 is 0 Å². The maximum atomic E-state index is 12.2. The van der Waals surface area contributed by atoms with Crippen molar-refractivity contribution in [1.82, 2.24) is 15.3 Å². The molecule has 1 heterocycles. The van der Waals surface area contributed by atoms with E-state index in [1.807, 2.05) is 36.4 Å². The molecule has 1 aliphatic rings. The molecule has 1 aromatic heterocycles. The van der Waals surface area contributed by atoms with Crippen LogP contribution in [0.5, 0.6) is 11.6 Å². The number of benzene rings is 2. The van der Waals surface area contributed by atoms with Crippen molar-refractivity contribution in [3.63, 3.8) is 0 Å². The van der Waals surface area contributed by atoms with Crippen molar-refractivity contribution in [3.8, 4) is 11.6 Å². The Bertz CT molecular complexity index is 924. The molecule has 2 aromatic carbocycles. The Morgan fingerprint density at radius 3 is 2.64 bits per heavy atom. The first-order chi connectivity index (χ1) is 13.8. The van der Waals surface area contributed by atoms with E-state index in [0.717, 1.165) is 36.5 Å². The van der Waals surface area contributed by atoms with Crippen LogP contribution in [0.15, 0.2) is 61.1 Å². The molecule has 0 bridgehead atoms.